The fourth-order valence-corrected chi connectivity index (χ4v) is 3.78. The molecule has 3 aromatic rings. The molecule has 0 aliphatic heterocycles. The third kappa shape index (κ3) is 7.00. The Hall–Kier alpha value is -2.98. The summed E-state index contributed by atoms with van der Waals surface area (Å²) in [6.07, 6.45) is 1.48. The van der Waals surface area contributed by atoms with Crippen LogP contribution in [0.4, 0.5) is 5.69 Å². The Labute approximate surface area is 210 Å². The van der Waals surface area contributed by atoms with Gasteiger partial charge in [-0.15, -0.1) is 0 Å². The monoisotopic (exact) mass is 544 g/mol. The normalized spacial score (nSPS) is 10.9. The highest BCUT2D eigenvalue weighted by atomic mass is 79.9. The molecule has 8 heteroatoms. The molecule has 0 aromatic heterocycles. The molecule has 1 N–H and O–H groups in total. The summed E-state index contributed by atoms with van der Waals surface area (Å²) in [6.45, 7) is 2.59. The van der Waals surface area contributed by atoms with Crippen molar-refractivity contribution in [3.8, 4) is 17.6 Å². The topological polar surface area (TPSA) is 71.3 Å². The summed E-state index contributed by atoms with van der Waals surface area (Å²) in [5.74, 6) is 0.461. The number of ether oxygens (including phenoxy) is 2. The first-order valence-corrected chi connectivity index (χ1v) is 11.5. The van der Waals surface area contributed by atoms with Crippen molar-refractivity contribution >= 4 is 56.8 Å². The third-order valence-corrected chi connectivity index (χ3v) is 5.46. The predicted molar refractivity (Wildman–Crippen MR) is 135 cm³/mol. The molecular weight excluding hydrogens is 527 g/mol. The van der Waals surface area contributed by atoms with E-state index in [0.717, 1.165) is 5.56 Å². The number of rotatable bonds is 8. The minimum absolute atomic E-state index is 0.0702. The third-order valence-electron chi connectivity index (χ3n) is 4.39. The molecule has 168 valence electrons. The first-order valence-electron chi connectivity index (χ1n) is 9.92. The van der Waals surface area contributed by atoms with Gasteiger partial charge in [-0.05, 0) is 82.5 Å². The van der Waals surface area contributed by atoms with Crippen molar-refractivity contribution in [1.29, 1.82) is 5.26 Å². The van der Waals surface area contributed by atoms with Gasteiger partial charge in [0.2, 0.25) is 0 Å². The molecule has 0 radical (unpaired) electrons. The van der Waals surface area contributed by atoms with E-state index < -0.39 is 5.91 Å². The molecule has 0 fully saturated rings. The van der Waals surface area contributed by atoms with E-state index in [1.165, 1.54) is 6.08 Å². The van der Waals surface area contributed by atoms with Gasteiger partial charge in [-0.25, -0.2) is 0 Å². The van der Waals surface area contributed by atoms with Gasteiger partial charge in [0.15, 0.2) is 11.5 Å². The van der Waals surface area contributed by atoms with Crippen LogP contribution >= 0.6 is 39.1 Å². The van der Waals surface area contributed by atoms with E-state index in [4.69, 9.17) is 32.7 Å². The number of benzene rings is 3. The first-order chi connectivity index (χ1) is 15.9. The van der Waals surface area contributed by atoms with E-state index in [1.807, 2.05) is 25.1 Å². The number of halogens is 3. The molecule has 0 heterocycles. The van der Waals surface area contributed by atoms with Crippen molar-refractivity contribution in [2.24, 2.45) is 0 Å². The van der Waals surface area contributed by atoms with E-state index in [9.17, 15) is 10.1 Å². The van der Waals surface area contributed by atoms with E-state index in [0.29, 0.717) is 50.5 Å². The molecule has 1 amide bonds. The second kappa shape index (κ2) is 11.8. The maximum Gasteiger partial charge on any atom is 0.266 e. The summed E-state index contributed by atoms with van der Waals surface area (Å²) in [5.41, 5.74) is 1.97. The molecule has 0 atom stereocenters. The lowest BCUT2D eigenvalue weighted by molar-refractivity contribution is -0.112. The zero-order valence-electron chi connectivity index (χ0n) is 17.6. The van der Waals surface area contributed by atoms with Gasteiger partial charge in [0.25, 0.3) is 5.91 Å². The highest BCUT2D eigenvalue weighted by Gasteiger charge is 2.15. The van der Waals surface area contributed by atoms with Gasteiger partial charge < -0.3 is 14.8 Å². The quantitative estimate of drug-likeness (QED) is 0.238. The lowest BCUT2D eigenvalue weighted by atomic mass is 10.1. The average molecular weight is 546 g/mol. The number of nitrogens with one attached hydrogen (secondary N) is 1. The number of nitrogens with zero attached hydrogens (tertiary/aromatic N) is 1. The summed E-state index contributed by atoms with van der Waals surface area (Å²) in [4.78, 5) is 12.6. The Balaban J connectivity index is 1.84. The maximum atomic E-state index is 12.6. The Morgan fingerprint density at radius 1 is 1.09 bits per heavy atom. The van der Waals surface area contributed by atoms with E-state index >= 15 is 0 Å². The van der Waals surface area contributed by atoms with E-state index in [1.54, 1.807) is 48.5 Å². The molecule has 0 spiro atoms. The van der Waals surface area contributed by atoms with Crippen LogP contribution in [-0.4, -0.2) is 12.5 Å². The molecule has 0 aliphatic rings. The molecule has 5 nitrogen and oxygen atoms in total. The fourth-order valence-electron chi connectivity index (χ4n) is 2.89. The molecular formula is C25H19BrCl2N2O3. The van der Waals surface area contributed by atoms with Crippen LogP contribution in [-0.2, 0) is 11.4 Å². The molecule has 0 aliphatic carbocycles. The zero-order valence-corrected chi connectivity index (χ0v) is 20.7. The van der Waals surface area contributed by atoms with Gasteiger partial charge in [0.1, 0.15) is 18.2 Å². The number of hydrogen-bond acceptors (Lipinski definition) is 4. The van der Waals surface area contributed by atoms with Crippen molar-refractivity contribution in [3.05, 3.63) is 91.9 Å². The van der Waals surface area contributed by atoms with Crippen LogP contribution in [0.1, 0.15) is 18.1 Å². The average Bonchev–Trinajstić information content (AvgIpc) is 2.78. The summed E-state index contributed by atoms with van der Waals surface area (Å²) in [5, 5.41) is 13.3. The van der Waals surface area contributed by atoms with Crippen molar-refractivity contribution in [1.82, 2.24) is 0 Å². The van der Waals surface area contributed by atoms with Crippen LogP contribution < -0.4 is 14.8 Å². The van der Waals surface area contributed by atoms with Crippen molar-refractivity contribution < 1.29 is 14.3 Å². The van der Waals surface area contributed by atoms with Crippen LogP contribution in [0, 0.1) is 11.3 Å². The van der Waals surface area contributed by atoms with Crippen LogP contribution in [0.2, 0.25) is 10.0 Å². The number of nitriles is 1. The molecule has 0 unspecified atom stereocenters. The van der Waals surface area contributed by atoms with Crippen molar-refractivity contribution in [3.63, 3.8) is 0 Å². The van der Waals surface area contributed by atoms with Crippen molar-refractivity contribution in [2.75, 3.05) is 11.9 Å². The van der Waals surface area contributed by atoms with E-state index in [-0.39, 0.29) is 5.57 Å². The SMILES string of the molecule is CCOc1cc(/C=C(/C#N)C(=O)Nc2cccc(Cl)c2)cc(Br)c1OCc1ccc(Cl)cc1. The van der Waals surface area contributed by atoms with Crippen LogP contribution in [0.25, 0.3) is 6.08 Å². The van der Waals surface area contributed by atoms with Gasteiger partial charge in [0, 0.05) is 15.7 Å². The van der Waals surface area contributed by atoms with Gasteiger partial charge in [-0.3, -0.25) is 4.79 Å². The van der Waals surface area contributed by atoms with Gasteiger partial charge in [-0.1, -0.05) is 41.4 Å². The minimum Gasteiger partial charge on any atom is -0.490 e. The Morgan fingerprint density at radius 2 is 1.85 bits per heavy atom. The predicted octanol–water partition coefficient (Wildman–Crippen LogP) is 7.28. The summed E-state index contributed by atoms with van der Waals surface area (Å²) in [6, 6.07) is 19.5. The van der Waals surface area contributed by atoms with Gasteiger partial charge >= 0.3 is 0 Å². The second-order valence-electron chi connectivity index (χ2n) is 6.81. The largest absolute Gasteiger partial charge is 0.490 e. The zero-order chi connectivity index (χ0) is 23.8. The molecule has 3 rings (SSSR count). The number of anilines is 1. The smallest absolute Gasteiger partial charge is 0.266 e. The molecule has 3 aromatic carbocycles. The summed E-state index contributed by atoms with van der Waals surface area (Å²) < 4.78 is 12.4. The van der Waals surface area contributed by atoms with Crippen LogP contribution in [0.5, 0.6) is 11.5 Å². The number of hydrogen-bond donors (Lipinski definition) is 1. The molecule has 33 heavy (non-hydrogen) atoms. The Bertz CT molecular complexity index is 1220. The highest BCUT2D eigenvalue weighted by Crippen LogP contribution is 2.38. The molecule has 0 saturated heterocycles. The van der Waals surface area contributed by atoms with Crippen LogP contribution in [0.3, 0.4) is 0 Å². The molecule has 0 bridgehead atoms. The number of carbonyl (C=O) groups excluding carboxylic acids is 1. The Kier molecular flexibility index (Phi) is 8.79. The number of amides is 1. The van der Waals surface area contributed by atoms with Gasteiger partial charge in [0.05, 0.1) is 11.1 Å². The summed E-state index contributed by atoms with van der Waals surface area (Å²) in [7, 11) is 0. The first kappa shape index (κ1) is 24.7. The van der Waals surface area contributed by atoms with Crippen LogP contribution in [0.15, 0.2) is 70.7 Å². The lowest BCUT2D eigenvalue weighted by Gasteiger charge is -2.15. The summed E-state index contributed by atoms with van der Waals surface area (Å²) >= 11 is 15.4. The minimum atomic E-state index is -0.545. The second-order valence-corrected chi connectivity index (χ2v) is 8.54. The fraction of sp³-hybridized carbons (Fsp3) is 0.120. The lowest BCUT2D eigenvalue weighted by Crippen LogP contribution is -2.13. The maximum absolute atomic E-state index is 12.6. The standard InChI is InChI=1S/C25H19BrCl2N2O3/c1-2-32-23-12-17(10-18(14-29)25(31)30-21-5-3-4-20(28)13-21)11-22(26)24(23)33-15-16-6-8-19(27)9-7-16/h3-13H,2,15H2,1H3,(H,30,31)/b18-10-. The van der Waals surface area contributed by atoms with E-state index in [2.05, 4.69) is 21.2 Å². The van der Waals surface area contributed by atoms with Gasteiger partial charge in [-0.2, -0.15) is 5.26 Å². The highest BCUT2D eigenvalue weighted by molar-refractivity contribution is 9.10. The number of carbonyl (C=O) groups is 1. The molecule has 0 saturated carbocycles. The van der Waals surface area contributed by atoms with Crippen molar-refractivity contribution in [2.45, 2.75) is 13.5 Å². The Morgan fingerprint density at radius 3 is 2.52 bits per heavy atom.